The van der Waals surface area contributed by atoms with Crippen molar-refractivity contribution in [1.29, 1.82) is 0 Å². The highest BCUT2D eigenvalue weighted by Gasteiger charge is 2.17. The number of carbonyl (C=O) groups excluding carboxylic acids is 1. The summed E-state index contributed by atoms with van der Waals surface area (Å²) in [5, 5.41) is 7.85. The Bertz CT molecular complexity index is 495. The molecule has 96 valence electrons. The van der Waals surface area contributed by atoms with Gasteiger partial charge in [0.05, 0.1) is 0 Å². The number of carbonyl (C=O) groups is 2. The number of Topliss-reactive ketones (excluding diaryl/α,β-unsaturated/α-hetero) is 1. The largest absolute Gasteiger partial charge is 0.478 e. The molecule has 0 spiro atoms. The van der Waals surface area contributed by atoms with Gasteiger partial charge in [-0.2, -0.15) is 0 Å². The molecule has 0 aromatic heterocycles. The third-order valence-corrected chi connectivity index (χ3v) is 3.23. The van der Waals surface area contributed by atoms with E-state index in [9.17, 15) is 9.59 Å². The molecule has 1 aromatic rings. The summed E-state index contributed by atoms with van der Waals surface area (Å²) in [5.41, 5.74) is 1.89. The zero-order valence-corrected chi connectivity index (χ0v) is 11.2. The van der Waals surface area contributed by atoms with Gasteiger partial charge >= 0.3 is 5.97 Å². The highest BCUT2D eigenvalue weighted by molar-refractivity contribution is 6.31. The molecule has 0 aliphatic rings. The molecule has 1 unspecified atom stereocenters. The Labute approximate surface area is 115 Å². The van der Waals surface area contributed by atoms with Gasteiger partial charge in [-0.3, -0.25) is 4.79 Å². The number of aliphatic carboxylic acids is 1. The molecule has 0 amide bonds. The third kappa shape index (κ3) is 3.59. The Morgan fingerprint density at radius 3 is 2.61 bits per heavy atom. The van der Waals surface area contributed by atoms with Crippen LogP contribution in [0.15, 0.2) is 24.3 Å². The number of hydrogen-bond acceptors (Lipinski definition) is 2. The molecule has 0 aliphatic heterocycles. The molecule has 0 aliphatic carbocycles. The first-order valence-electron chi connectivity index (χ1n) is 5.20. The topological polar surface area (TPSA) is 54.4 Å². The fourth-order valence-corrected chi connectivity index (χ4v) is 1.97. The van der Waals surface area contributed by atoms with Crippen molar-refractivity contribution in [1.82, 2.24) is 0 Å². The van der Waals surface area contributed by atoms with Crippen molar-refractivity contribution < 1.29 is 14.7 Å². The zero-order valence-electron chi connectivity index (χ0n) is 9.69. The number of ketones is 1. The summed E-state index contributed by atoms with van der Waals surface area (Å²) >= 11 is 11.8. The zero-order chi connectivity index (χ0) is 13.7. The Kier molecular flexibility index (Phi) is 5.38. The summed E-state index contributed by atoms with van der Waals surface area (Å²) in [6.45, 7) is 1.38. The van der Waals surface area contributed by atoms with Gasteiger partial charge in [-0.05, 0) is 29.7 Å². The fraction of sp³-hybridized carbons (Fsp3) is 0.231. The van der Waals surface area contributed by atoms with Gasteiger partial charge in [0.25, 0.3) is 0 Å². The number of carboxylic acids is 1. The molecule has 0 heterocycles. The van der Waals surface area contributed by atoms with Crippen LogP contribution >= 0.6 is 23.2 Å². The van der Waals surface area contributed by atoms with E-state index in [-0.39, 0.29) is 11.7 Å². The van der Waals surface area contributed by atoms with E-state index < -0.39 is 11.3 Å². The van der Waals surface area contributed by atoms with E-state index in [4.69, 9.17) is 28.3 Å². The lowest BCUT2D eigenvalue weighted by Gasteiger charge is -2.13. The number of alkyl halides is 2. The van der Waals surface area contributed by atoms with Crippen LogP contribution in [0, 0.1) is 0 Å². The third-order valence-electron chi connectivity index (χ3n) is 2.40. The fourth-order valence-electron chi connectivity index (χ4n) is 1.55. The summed E-state index contributed by atoms with van der Waals surface area (Å²) in [7, 11) is 0. The van der Waals surface area contributed by atoms with Gasteiger partial charge in [-0.25, -0.2) is 4.79 Å². The first kappa shape index (κ1) is 14.7. The van der Waals surface area contributed by atoms with Crippen molar-refractivity contribution in [2.75, 3.05) is 0 Å². The van der Waals surface area contributed by atoms with Gasteiger partial charge in [0.1, 0.15) is 5.38 Å². The van der Waals surface area contributed by atoms with Gasteiger partial charge in [0.2, 0.25) is 0 Å². The van der Waals surface area contributed by atoms with Crippen molar-refractivity contribution >= 4 is 41.0 Å². The van der Waals surface area contributed by atoms with E-state index in [1.807, 2.05) is 0 Å². The summed E-state index contributed by atoms with van der Waals surface area (Å²) < 4.78 is 0. The molecular formula is C13H12Cl2O3. The van der Waals surface area contributed by atoms with Crippen LogP contribution in [0.2, 0.25) is 0 Å². The van der Waals surface area contributed by atoms with Gasteiger partial charge in [-0.15, -0.1) is 23.2 Å². The number of hydrogen-bond donors (Lipinski definition) is 1. The second-order valence-corrected chi connectivity index (χ2v) is 4.40. The van der Waals surface area contributed by atoms with Crippen molar-refractivity contribution in [3.8, 4) is 0 Å². The number of rotatable bonds is 5. The minimum absolute atomic E-state index is 0.201. The summed E-state index contributed by atoms with van der Waals surface area (Å²) in [4.78, 5) is 21.9. The molecule has 5 heteroatoms. The normalized spacial score (nSPS) is 12.6. The number of halogens is 2. The summed E-state index contributed by atoms with van der Waals surface area (Å²) in [6.07, 6.45) is 2.41. The van der Waals surface area contributed by atoms with E-state index in [1.54, 1.807) is 18.2 Å². The molecule has 0 fully saturated rings. The second-order valence-electron chi connectivity index (χ2n) is 3.70. The second kappa shape index (κ2) is 6.57. The minimum atomic E-state index is -1.07. The van der Waals surface area contributed by atoms with Gasteiger partial charge in [0, 0.05) is 12.0 Å². The van der Waals surface area contributed by atoms with E-state index in [0.29, 0.717) is 11.1 Å². The predicted molar refractivity (Wildman–Crippen MR) is 71.9 cm³/mol. The Morgan fingerprint density at radius 2 is 2.11 bits per heavy atom. The van der Waals surface area contributed by atoms with Gasteiger partial charge in [-0.1, -0.05) is 18.2 Å². The Hall–Kier alpha value is -1.32. The predicted octanol–water partition coefficient (Wildman–Crippen LogP) is 3.39. The highest BCUT2D eigenvalue weighted by Crippen LogP contribution is 2.29. The van der Waals surface area contributed by atoms with Crippen LogP contribution in [-0.2, 0) is 15.5 Å². The van der Waals surface area contributed by atoms with Crippen molar-refractivity contribution in [3.63, 3.8) is 0 Å². The van der Waals surface area contributed by atoms with E-state index in [2.05, 4.69) is 0 Å². The van der Waals surface area contributed by atoms with E-state index in [1.165, 1.54) is 13.0 Å². The van der Waals surface area contributed by atoms with Crippen LogP contribution in [0.5, 0.6) is 0 Å². The molecule has 1 N–H and O–H groups in total. The van der Waals surface area contributed by atoms with Crippen molar-refractivity contribution in [2.45, 2.75) is 18.2 Å². The van der Waals surface area contributed by atoms with E-state index >= 15 is 0 Å². The molecule has 3 nitrogen and oxygen atoms in total. The van der Waals surface area contributed by atoms with Crippen LogP contribution in [0.25, 0.3) is 6.08 Å². The molecule has 0 radical (unpaired) electrons. The monoisotopic (exact) mass is 286 g/mol. The Balaban J connectivity index is 3.33. The average Bonchev–Trinajstić information content (AvgIpc) is 2.34. The first-order chi connectivity index (χ1) is 8.47. The standard InChI is InChI=1S/C13H12Cl2O3/c1-8(16)13(15)11-4-2-3-9(7-14)10(11)5-6-12(17)18/h2-6,13H,7H2,1H3,(H,17,18). The minimum Gasteiger partial charge on any atom is -0.478 e. The quantitative estimate of drug-likeness (QED) is 0.667. The van der Waals surface area contributed by atoms with Crippen molar-refractivity contribution in [2.24, 2.45) is 0 Å². The molecular weight excluding hydrogens is 275 g/mol. The van der Waals surface area contributed by atoms with Crippen LogP contribution in [0.3, 0.4) is 0 Å². The molecule has 0 saturated carbocycles. The Morgan fingerprint density at radius 1 is 1.44 bits per heavy atom. The van der Waals surface area contributed by atoms with Gasteiger partial charge < -0.3 is 5.11 Å². The lowest BCUT2D eigenvalue weighted by molar-refractivity contribution is -0.131. The molecule has 18 heavy (non-hydrogen) atoms. The lowest BCUT2D eigenvalue weighted by atomic mass is 9.97. The summed E-state index contributed by atoms with van der Waals surface area (Å²) in [6, 6.07) is 5.20. The number of carboxylic acid groups (broad SMARTS) is 1. The van der Waals surface area contributed by atoms with E-state index in [0.717, 1.165) is 11.6 Å². The highest BCUT2D eigenvalue weighted by atomic mass is 35.5. The maximum atomic E-state index is 11.3. The number of benzene rings is 1. The lowest BCUT2D eigenvalue weighted by Crippen LogP contribution is -2.05. The van der Waals surface area contributed by atoms with Crippen LogP contribution in [0.4, 0.5) is 0 Å². The average molecular weight is 287 g/mol. The van der Waals surface area contributed by atoms with Gasteiger partial charge in [0.15, 0.2) is 5.78 Å². The SMILES string of the molecule is CC(=O)C(Cl)c1cccc(CCl)c1C=CC(=O)O. The molecule has 0 saturated heterocycles. The molecule has 1 aromatic carbocycles. The maximum absolute atomic E-state index is 11.3. The molecule has 1 rings (SSSR count). The van der Waals surface area contributed by atoms with Crippen molar-refractivity contribution in [3.05, 3.63) is 41.0 Å². The molecule has 1 atom stereocenters. The first-order valence-corrected chi connectivity index (χ1v) is 6.17. The summed E-state index contributed by atoms with van der Waals surface area (Å²) in [5.74, 6) is -1.05. The maximum Gasteiger partial charge on any atom is 0.328 e. The van der Waals surface area contributed by atoms with Crippen LogP contribution in [-0.4, -0.2) is 16.9 Å². The van der Waals surface area contributed by atoms with Crippen LogP contribution < -0.4 is 0 Å². The van der Waals surface area contributed by atoms with Crippen LogP contribution in [0.1, 0.15) is 29.0 Å². The smallest absolute Gasteiger partial charge is 0.328 e. The molecule has 0 bridgehead atoms.